The summed E-state index contributed by atoms with van der Waals surface area (Å²) in [6.45, 7) is 3.44. The van der Waals surface area contributed by atoms with E-state index in [0.29, 0.717) is 18.8 Å². The summed E-state index contributed by atoms with van der Waals surface area (Å²) in [7, 11) is 0. The molecule has 0 aliphatic carbocycles. The van der Waals surface area contributed by atoms with Gasteiger partial charge in [0, 0.05) is 19.7 Å². The quantitative estimate of drug-likeness (QED) is 0.930. The van der Waals surface area contributed by atoms with Crippen LogP contribution in [0.4, 0.5) is 0 Å². The van der Waals surface area contributed by atoms with Gasteiger partial charge in [-0.3, -0.25) is 4.79 Å². The van der Waals surface area contributed by atoms with E-state index in [4.69, 9.17) is 0 Å². The molecule has 22 heavy (non-hydrogen) atoms. The number of carbonyl (C=O) groups is 1. The Hall–Kier alpha value is -2.21. The Morgan fingerprint density at radius 1 is 1.45 bits per heavy atom. The van der Waals surface area contributed by atoms with E-state index >= 15 is 0 Å². The van der Waals surface area contributed by atoms with E-state index in [9.17, 15) is 9.90 Å². The number of carbonyl (C=O) groups excluding carboxylic acids is 1. The molecule has 1 fully saturated rings. The second-order valence-electron chi connectivity index (χ2n) is 5.83. The molecule has 6 nitrogen and oxygen atoms in total. The number of aromatic nitrogens is 3. The molecule has 6 heteroatoms. The van der Waals surface area contributed by atoms with E-state index in [-0.39, 0.29) is 18.4 Å². The van der Waals surface area contributed by atoms with Crippen molar-refractivity contribution in [2.75, 3.05) is 19.7 Å². The molecule has 0 radical (unpaired) electrons. The second kappa shape index (κ2) is 6.27. The molecule has 1 aliphatic rings. The summed E-state index contributed by atoms with van der Waals surface area (Å²) in [6.07, 6.45) is 3.55. The van der Waals surface area contributed by atoms with Crippen LogP contribution in [-0.4, -0.2) is 50.6 Å². The SMILES string of the molecule is Cc1cccc(-n2cc(C(=O)N3CCCC(CO)C3)nn2)c1. The highest BCUT2D eigenvalue weighted by Crippen LogP contribution is 2.18. The van der Waals surface area contributed by atoms with E-state index < -0.39 is 0 Å². The van der Waals surface area contributed by atoms with Crippen molar-refractivity contribution >= 4 is 5.91 Å². The lowest BCUT2D eigenvalue weighted by Crippen LogP contribution is -2.41. The maximum Gasteiger partial charge on any atom is 0.276 e. The van der Waals surface area contributed by atoms with E-state index in [0.717, 1.165) is 24.1 Å². The van der Waals surface area contributed by atoms with Gasteiger partial charge in [-0.15, -0.1) is 5.10 Å². The molecule has 3 rings (SSSR count). The Balaban J connectivity index is 1.77. The molecule has 1 aromatic carbocycles. The van der Waals surface area contributed by atoms with Gasteiger partial charge in [0.05, 0.1) is 11.9 Å². The molecule has 1 amide bonds. The van der Waals surface area contributed by atoms with Crippen LogP contribution in [0.25, 0.3) is 5.69 Å². The van der Waals surface area contributed by atoms with Crippen molar-refractivity contribution in [3.05, 3.63) is 41.7 Å². The van der Waals surface area contributed by atoms with E-state index in [2.05, 4.69) is 10.3 Å². The number of aryl methyl sites for hydroxylation is 1. The van der Waals surface area contributed by atoms with E-state index in [1.54, 1.807) is 15.8 Å². The zero-order valence-corrected chi connectivity index (χ0v) is 12.6. The van der Waals surface area contributed by atoms with Gasteiger partial charge in [-0.2, -0.15) is 0 Å². The van der Waals surface area contributed by atoms with Gasteiger partial charge < -0.3 is 10.0 Å². The Kier molecular flexibility index (Phi) is 4.20. The molecule has 1 aromatic heterocycles. The van der Waals surface area contributed by atoms with Gasteiger partial charge in [-0.1, -0.05) is 17.3 Å². The maximum absolute atomic E-state index is 12.5. The standard InChI is InChI=1S/C16H20N4O2/c1-12-4-2-6-14(8-12)20-10-15(17-18-20)16(22)19-7-3-5-13(9-19)11-21/h2,4,6,8,10,13,21H,3,5,7,9,11H2,1H3. The second-order valence-corrected chi connectivity index (χ2v) is 5.83. The predicted molar refractivity (Wildman–Crippen MR) is 81.8 cm³/mol. The smallest absolute Gasteiger partial charge is 0.276 e. The lowest BCUT2D eigenvalue weighted by molar-refractivity contribution is 0.0615. The Morgan fingerprint density at radius 3 is 3.09 bits per heavy atom. The molecule has 1 atom stereocenters. The Bertz CT molecular complexity index is 668. The number of amides is 1. The first kappa shape index (κ1) is 14.7. The third-order valence-electron chi connectivity index (χ3n) is 4.04. The number of likely N-dealkylation sites (tertiary alicyclic amines) is 1. The third-order valence-corrected chi connectivity index (χ3v) is 4.04. The highest BCUT2D eigenvalue weighted by molar-refractivity contribution is 5.92. The van der Waals surface area contributed by atoms with Gasteiger partial charge in [0.2, 0.25) is 0 Å². The molecule has 116 valence electrons. The van der Waals surface area contributed by atoms with Crippen molar-refractivity contribution in [3.63, 3.8) is 0 Å². The monoisotopic (exact) mass is 300 g/mol. The van der Waals surface area contributed by atoms with Crippen LogP contribution in [0.1, 0.15) is 28.9 Å². The zero-order valence-electron chi connectivity index (χ0n) is 12.6. The van der Waals surface area contributed by atoms with Crippen LogP contribution in [0.2, 0.25) is 0 Å². The maximum atomic E-state index is 12.5. The number of hydrogen-bond donors (Lipinski definition) is 1. The number of aliphatic hydroxyl groups is 1. The van der Waals surface area contributed by atoms with Crippen molar-refractivity contribution < 1.29 is 9.90 Å². The lowest BCUT2D eigenvalue weighted by Gasteiger charge is -2.31. The number of piperidine rings is 1. The fourth-order valence-electron chi connectivity index (χ4n) is 2.82. The largest absolute Gasteiger partial charge is 0.396 e. The summed E-state index contributed by atoms with van der Waals surface area (Å²) in [5, 5.41) is 17.3. The molecule has 1 aliphatic heterocycles. The summed E-state index contributed by atoms with van der Waals surface area (Å²) in [4.78, 5) is 14.3. The van der Waals surface area contributed by atoms with Gasteiger partial charge in [-0.25, -0.2) is 4.68 Å². The number of benzene rings is 1. The highest BCUT2D eigenvalue weighted by Gasteiger charge is 2.25. The van der Waals surface area contributed by atoms with E-state index in [1.165, 1.54) is 0 Å². The highest BCUT2D eigenvalue weighted by atomic mass is 16.3. The van der Waals surface area contributed by atoms with Crippen LogP contribution in [0.5, 0.6) is 0 Å². The minimum absolute atomic E-state index is 0.114. The molecule has 2 heterocycles. The normalized spacial score (nSPS) is 18.5. The van der Waals surface area contributed by atoms with Gasteiger partial charge >= 0.3 is 0 Å². The van der Waals surface area contributed by atoms with Crippen LogP contribution >= 0.6 is 0 Å². The van der Waals surface area contributed by atoms with Crippen molar-refractivity contribution in [2.24, 2.45) is 5.92 Å². The number of nitrogens with zero attached hydrogens (tertiary/aromatic N) is 4. The van der Waals surface area contributed by atoms with Crippen LogP contribution in [0.3, 0.4) is 0 Å². The minimum Gasteiger partial charge on any atom is -0.396 e. The zero-order chi connectivity index (χ0) is 15.5. The molecule has 1 unspecified atom stereocenters. The van der Waals surface area contributed by atoms with Gasteiger partial charge in [0.25, 0.3) is 5.91 Å². The average Bonchev–Trinajstić information content (AvgIpc) is 3.04. The molecular weight excluding hydrogens is 280 g/mol. The average molecular weight is 300 g/mol. The molecule has 1 saturated heterocycles. The van der Waals surface area contributed by atoms with Crippen LogP contribution in [0.15, 0.2) is 30.5 Å². The predicted octanol–water partition coefficient (Wildman–Crippen LogP) is 1.42. The third kappa shape index (κ3) is 3.01. The molecule has 1 N–H and O–H groups in total. The van der Waals surface area contributed by atoms with Crippen molar-refractivity contribution in [1.82, 2.24) is 19.9 Å². The first-order valence-electron chi connectivity index (χ1n) is 7.57. The van der Waals surface area contributed by atoms with Crippen LogP contribution in [0, 0.1) is 12.8 Å². The van der Waals surface area contributed by atoms with Gasteiger partial charge in [0.1, 0.15) is 0 Å². The fraction of sp³-hybridized carbons (Fsp3) is 0.438. The van der Waals surface area contributed by atoms with Crippen molar-refractivity contribution in [3.8, 4) is 5.69 Å². The Morgan fingerprint density at radius 2 is 2.32 bits per heavy atom. The number of rotatable bonds is 3. The molecule has 0 bridgehead atoms. The first-order chi connectivity index (χ1) is 10.7. The van der Waals surface area contributed by atoms with Crippen LogP contribution in [-0.2, 0) is 0 Å². The summed E-state index contributed by atoms with van der Waals surface area (Å²) >= 11 is 0. The number of aliphatic hydroxyl groups excluding tert-OH is 1. The van der Waals surface area contributed by atoms with Crippen LogP contribution < -0.4 is 0 Å². The lowest BCUT2D eigenvalue weighted by atomic mass is 9.99. The first-order valence-corrected chi connectivity index (χ1v) is 7.57. The topological polar surface area (TPSA) is 71.2 Å². The molecule has 0 spiro atoms. The summed E-state index contributed by atoms with van der Waals surface area (Å²) in [5.74, 6) is 0.0570. The number of hydrogen-bond acceptors (Lipinski definition) is 4. The van der Waals surface area contributed by atoms with Gasteiger partial charge in [-0.05, 0) is 43.4 Å². The molecule has 2 aromatic rings. The van der Waals surface area contributed by atoms with Crippen molar-refractivity contribution in [1.29, 1.82) is 0 Å². The summed E-state index contributed by atoms with van der Waals surface area (Å²) < 4.78 is 1.62. The van der Waals surface area contributed by atoms with Crippen molar-refractivity contribution in [2.45, 2.75) is 19.8 Å². The Labute approximate surface area is 129 Å². The summed E-state index contributed by atoms with van der Waals surface area (Å²) in [6, 6.07) is 7.88. The molecular formula is C16H20N4O2. The summed E-state index contributed by atoms with van der Waals surface area (Å²) in [5.41, 5.74) is 2.36. The van der Waals surface area contributed by atoms with Gasteiger partial charge in [0.15, 0.2) is 5.69 Å². The van der Waals surface area contributed by atoms with E-state index in [1.807, 2.05) is 31.2 Å². The minimum atomic E-state index is -0.114. The fourth-order valence-corrected chi connectivity index (χ4v) is 2.82. The molecule has 0 saturated carbocycles.